The van der Waals surface area contributed by atoms with Gasteiger partial charge < -0.3 is 14.2 Å². The van der Waals surface area contributed by atoms with Crippen LogP contribution in [0.2, 0.25) is 0 Å². The van der Waals surface area contributed by atoms with Gasteiger partial charge in [0.05, 0.1) is 11.1 Å². The average Bonchev–Trinajstić information content (AvgIpc) is 3.00. The molecule has 0 aliphatic carbocycles. The van der Waals surface area contributed by atoms with E-state index in [0.29, 0.717) is 11.7 Å². The molecule has 0 spiro atoms. The van der Waals surface area contributed by atoms with Gasteiger partial charge in [-0.05, 0) is 45.9 Å². The van der Waals surface area contributed by atoms with Gasteiger partial charge in [0.25, 0.3) is 5.89 Å². The van der Waals surface area contributed by atoms with Gasteiger partial charge in [-0.3, -0.25) is 0 Å². The Morgan fingerprint density at radius 3 is 2.59 bits per heavy atom. The van der Waals surface area contributed by atoms with Crippen LogP contribution >= 0.6 is 0 Å². The van der Waals surface area contributed by atoms with Crippen molar-refractivity contribution in [3.05, 3.63) is 35.8 Å². The smallest absolute Gasteiger partial charge is 0.335 e. The van der Waals surface area contributed by atoms with E-state index >= 15 is 0 Å². The minimum absolute atomic E-state index is 0.156. The van der Waals surface area contributed by atoms with E-state index in [1.54, 1.807) is 19.1 Å². The zero-order valence-electron chi connectivity index (χ0n) is 12.9. The lowest BCUT2D eigenvalue weighted by Gasteiger charge is -2.22. The molecule has 0 amide bonds. The topological polar surface area (TPSA) is 81.2 Å². The second kappa shape index (κ2) is 4.69. The van der Waals surface area contributed by atoms with E-state index in [-0.39, 0.29) is 11.1 Å². The first-order chi connectivity index (χ1) is 10.3. The number of aryl methyl sites for hydroxylation is 1. The van der Waals surface area contributed by atoms with Gasteiger partial charge in [0.1, 0.15) is 0 Å². The number of benzene rings is 1. The quantitative estimate of drug-likeness (QED) is 0.783. The summed E-state index contributed by atoms with van der Waals surface area (Å²) in [5.74, 6) is -0.0212. The van der Waals surface area contributed by atoms with Crippen molar-refractivity contribution in [2.45, 2.75) is 33.2 Å². The van der Waals surface area contributed by atoms with Crippen LogP contribution in [0.3, 0.4) is 0 Å². The maximum atomic E-state index is 11.2. The number of hydrogen-bond donors (Lipinski definition) is 1. The lowest BCUT2D eigenvalue weighted by Crippen LogP contribution is -2.20. The largest absolute Gasteiger partial charge is 0.478 e. The minimum atomic E-state index is -0.960. The first kappa shape index (κ1) is 14.3. The van der Waals surface area contributed by atoms with Gasteiger partial charge in [-0.1, -0.05) is 5.16 Å². The molecular formula is C16H17N3O3. The van der Waals surface area contributed by atoms with Gasteiger partial charge in [-0.25, -0.2) is 4.79 Å². The fraction of sp³-hybridized carbons (Fsp3) is 0.312. The Kier molecular flexibility index (Phi) is 3.05. The van der Waals surface area contributed by atoms with Crippen LogP contribution in [0.4, 0.5) is 0 Å². The molecule has 114 valence electrons. The first-order valence-corrected chi connectivity index (χ1v) is 6.97. The summed E-state index contributed by atoms with van der Waals surface area (Å²) in [4.78, 5) is 15.5. The number of carboxylic acids is 1. The summed E-state index contributed by atoms with van der Waals surface area (Å²) in [6.07, 6.45) is 1.93. The van der Waals surface area contributed by atoms with Gasteiger partial charge in [-0.15, -0.1) is 0 Å². The van der Waals surface area contributed by atoms with Crippen LogP contribution in [0.15, 0.2) is 28.9 Å². The Morgan fingerprint density at radius 2 is 2.05 bits per heavy atom. The highest BCUT2D eigenvalue weighted by molar-refractivity contribution is 5.99. The number of fused-ring (bicyclic) bond motifs is 1. The number of carboxylic acid groups (broad SMARTS) is 1. The monoisotopic (exact) mass is 299 g/mol. The predicted molar refractivity (Wildman–Crippen MR) is 81.9 cm³/mol. The maximum Gasteiger partial charge on any atom is 0.335 e. The Morgan fingerprint density at radius 1 is 1.32 bits per heavy atom. The van der Waals surface area contributed by atoms with E-state index in [0.717, 1.165) is 16.5 Å². The van der Waals surface area contributed by atoms with E-state index in [1.807, 2.05) is 12.3 Å². The van der Waals surface area contributed by atoms with Crippen LogP contribution in [0, 0.1) is 6.92 Å². The normalized spacial score (nSPS) is 12.0. The van der Waals surface area contributed by atoms with Crippen molar-refractivity contribution in [3.8, 4) is 11.5 Å². The molecule has 6 heteroatoms. The van der Waals surface area contributed by atoms with Crippen LogP contribution in [-0.2, 0) is 5.54 Å². The molecule has 3 aromatic rings. The van der Waals surface area contributed by atoms with Crippen LogP contribution in [0.5, 0.6) is 0 Å². The summed E-state index contributed by atoms with van der Waals surface area (Å²) < 4.78 is 7.35. The third-order valence-electron chi connectivity index (χ3n) is 3.53. The maximum absolute atomic E-state index is 11.2. The van der Waals surface area contributed by atoms with Crippen molar-refractivity contribution in [3.63, 3.8) is 0 Å². The van der Waals surface area contributed by atoms with Crippen molar-refractivity contribution in [1.82, 2.24) is 14.7 Å². The van der Waals surface area contributed by atoms with E-state index in [1.165, 1.54) is 0 Å². The third-order valence-corrected chi connectivity index (χ3v) is 3.53. The first-order valence-electron chi connectivity index (χ1n) is 6.97. The summed E-state index contributed by atoms with van der Waals surface area (Å²) >= 11 is 0. The Balaban J connectivity index is 2.34. The van der Waals surface area contributed by atoms with Gasteiger partial charge in [0.15, 0.2) is 5.82 Å². The molecule has 2 aromatic heterocycles. The molecule has 22 heavy (non-hydrogen) atoms. The standard InChI is InChI=1S/C16H17N3O3/c1-9-17-14(22-18-9)12-8-19(16(2,3)4)13-6-5-10(15(20)21)7-11(12)13/h5-8H,1-4H3,(H,20,21). The molecule has 0 radical (unpaired) electrons. The van der Waals surface area contributed by atoms with Crippen LogP contribution in [-0.4, -0.2) is 25.8 Å². The van der Waals surface area contributed by atoms with Crippen LogP contribution < -0.4 is 0 Å². The number of aromatic carboxylic acids is 1. The molecule has 0 saturated carbocycles. The molecule has 0 saturated heterocycles. The van der Waals surface area contributed by atoms with Crippen LogP contribution in [0.1, 0.15) is 37.0 Å². The van der Waals surface area contributed by atoms with Gasteiger partial charge >= 0.3 is 5.97 Å². The second-order valence-corrected chi connectivity index (χ2v) is 6.27. The van der Waals surface area contributed by atoms with Crippen molar-refractivity contribution < 1.29 is 14.4 Å². The summed E-state index contributed by atoms with van der Waals surface area (Å²) in [7, 11) is 0. The highest BCUT2D eigenvalue weighted by Gasteiger charge is 2.22. The number of hydrogen-bond acceptors (Lipinski definition) is 4. The minimum Gasteiger partial charge on any atom is -0.478 e. The van der Waals surface area contributed by atoms with Crippen molar-refractivity contribution in [1.29, 1.82) is 0 Å². The highest BCUT2D eigenvalue weighted by atomic mass is 16.5. The molecule has 0 unspecified atom stereocenters. The summed E-state index contributed by atoms with van der Waals surface area (Å²) in [5, 5.41) is 13.8. The molecule has 3 rings (SSSR count). The van der Waals surface area contributed by atoms with E-state index in [2.05, 4.69) is 35.5 Å². The molecule has 0 aliphatic heterocycles. The summed E-state index contributed by atoms with van der Waals surface area (Å²) in [6.45, 7) is 8.00. The fourth-order valence-electron chi connectivity index (χ4n) is 2.49. The van der Waals surface area contributed by atoms with Crippen molar-refractivity contribution in [2.75, 3.05) is 0 Å². The number of rotatable bonds is 2. The zero-order valence-corrected chi connectivity index (χ0v) is 12.9. The van der Waals surface area contributed by atoms with Gasteiger partial charge in [0.2, 0.25) is 0 Å². The van der Waals surface area contributed by atoms with Crippen molar-refractivity contribution in [2.24, 2.45) is 0 Å². The third kappa shape index (κ3) is 2.26. The summed E-state index contributed by atoms with van der Waals surface area (Å²) in [5.41, 5.74) is 1.75. The zero-order chi connectivity index (χ0) is 16.1. The molecule has 2 heterocycles. The molecular weight excluding hydrogens is 282 g/mol. The molecule has 0 fully saturated rings. The predicted octanol–water partition coefficient (Wildman–Crippen LogP) is 3.45. The Hall–Kier alpha value is -2.63. The molecule has 0 bridgehead atoms. The molecule has 0 aliphatic rings. The van der Waals surface area contributed by atoms with E-state index in [4.69, 9.17) is 4.52 Å². The Bertz CT molecular complexity index is 869. The molecule has 6 nitrogen and oxygen atoms in total. The van der Waals surface area contributed by atoms with Crippen molar-refractivity contribution >= 4 is 16.9 Å². The fourth-order valence-corrected chi connectivity index (χ4v) is 2.49. The lowest BCUT2D eigenvalue weighted by atomic mass is 10.1. The SMILES string of the molecule is Cc1noc(-c2cn(C(C)(C)C)c3ccc(C(=O)O)cc23)n1. The van der Waals surface area contributed by atoms with E-state index in [9.17, 15) is 9.90 Å². The highest BCUT2D eigenvalue weighted by Crippen LogP contribution is 2.34. The Labute approximate surface area is 127 Å². The van der Waals surface area contributed by atoms with Crippen LogP contribution in [0.25, 0.3) is 22.4 Å². The molecule has 1 N–H and O–H groups in total. The summed E-state index contributed by atoms with van der Waals surface area (Å²) in [6, 6.07) is 5.07. The van der Waals surface area contributed by atoms with Gasteiger partial charge in [0, 0.05) is 22.6 Å². The number of nitrogens with zero attached hydrogens (tertiary/aromatic N) is 3. The molecule has 0 atom stereocenters. The molecule has 1 aromatic carbocycles. The van der Waals surface area contributed by atoms with E-state index < -0.39 is 5.97 Å². The average molecular weight is 299 g/mol. The second-order valence-electron chi connectivity index (χ2n) is 6.27. The number of carbonyl (C=O) groups is 1. The number of aromatic nitrogens is 3. The lowest BCUT2D eigenvalue weighted by molar-refractivity contribution is 0.0697. The van der Waals surface area contributed by atoms with Gasteiger partial charge in [-0.2, -0.15) is 4.98 Å².